The molecule has 0 atom stereocenters. The summed E-state index contributed by atoms with van der Waals surface area (Å²) < 4.78 is 129. The van der Waals surface area contributed by atoms with Crippen molar-refractivity contribution in [3.63, 3.8) is 0 Å². The molecular formula is C36H56F4N4O11S2. The summed E-state index contributed by atoms with van der Waals surface area (Å²) in [4.78, 5) is 27.6. The van der Waals surface area contributed by atoms with Crippen LogP contribution in [0.3, 0.4) is 0 Å². The van der Waals surface area contributed by atoms with Gasteiger partial charge < -0.3 is 33.9 Å². The maximum absolute atomic E-state index is 13.7. The fourth-order valence-electron chi connectivity index (χ4n) is 6.77. The number of benzene rings is 1. The summed E-state index contributed by atoms with van der Waals surface area (Å²) in [6.45, 7) is 13.7. The van der Waals surface area contributed by atoms with Gasteiger partial charge in [-0.3, -0.25) is 9.59 Å². The first-order valence-electron chi connectivity index (χ1n) is 18.9. The van der Waals surface area contributed by atoms with Crippen LogP contribution < -0.4 is 15.0 Å². The Bertz CT molecular complexity index is 1730. The van der Waals surface area contributed by atoms with Crippen molar-refractivity contribution >= 4 is 37.7 Å². The average molecular weight is 861 g/mol. The second kappa shape index (κ2) is 18.2. The highest BCUT2D eigenvalue weighted by Crippen LogP contribution is 2.37. The minimum atomic E-state index is -4.60. The molecule has 0 saturated carbocycles. The van der Waals surface area contributed by atoms with Gasteiger partial charge in [-0.1, -0.05) is 0 Å². The van der Waals surface area contributed by atoms with Crippen molar-refractivity contribution in [2.24, 2.45) is 0 Å². The van der Waals surface area contributed by atoms with Gasteiger partial charge in [0.15, 0.2) is 9.49 Å². The minimum absolute atomic E-state index is 0.00479. The molecule has 1 aromatic rings. The summed E-state index contributed by atoms with van der Waals surface area (Å²) in [7, 11) is -7.86. The Labute approximate surface area is 332 Å². The van der Waals surface area contributed by atoms with Crippen molar-refractivity contribution in [3.05, 3.63) is 24.3 Å². The maximum Gasteiger partial charge on any atom is 0.461 e. The fraction of sp³-hybridized carbons (Fsp3) is 0.778. The van der Waals surface area contributed by atoms with Gasteiger partial charge in [-0.15, -0.1) is 0 Å². The summed E-state index contributed by atoms with van der Waals surface area (Å²) >= 11 is 0. The zero-order chi connectivity index (χ0) is 42.5. The minimum Gasteiger partial charge on any atom is -0.459 e. The van der Waals surface area contributed by atoms with E-state index in [0.717, 1.165) is 12.1 Å². The molecule has 4 aliphatic rings. The lowest BCUT2D eigenvalue weighted by Gasteiger charge is -2.42. The lowest BCUT2D eigenvalue weighted by Crippen LogP contribution is -2.61. The second-order valence-corrected chi connectivity index (χ2v) is 20.7. The number of nitrogens with zero attached hydrogens (tertiary/aromatic N) is 3. The van der Waals surface area contributed by atoms with Crippen molar-refractivity contribution in [3.8, 4) is 5.75 Å². The van der Waals surface area contributed by atoms with Crippen LogP contribution in [0.25, 0.3) is 0 Å². The van der Waals surface area contributed by atoms with Gasteiger partial charge in [0, 0.05) is 110 Å². The average Bonchev–Trinajstić information content (AvgIpc) is 3.14. The zero-order valence-corrected chi connectivity index (χ0v) is 35.0. The van der Waals surface area contributed by atoms with Crippen LogP contribution in [-0.2, 0) is 48.6 Å². The first-order chi connectivity index (χ1) is 26.4. The number of alkyl halides is 4. The number of hydrogen-bond acceptors (Lipinski definition) is 13. The molecule has 326 valence electrons. The van der Waals surface area contributed by atoms with E-state index in [0.29, 0.717) is 31.9 Å². The summed E-state index contributed by atoms with van der Waals surface area (Å²) in [5.74, 6) is -1.85. The maximum atomic E-state index is 13.7. The molecule has 0 aromatic heterocycles. The van der Waals surface area contributed by atoms with Crippen LogP contribution in [0.1, 0.15) is 67.2 Å². The Kier molecular flexibility index (Phi) is 15.0. The van der Waals surface area contributed by atoms with E-state index >= 15 is 0 Å². The molecule has 0 radical (unpaired) electrons. The van der Waals surface area contributed by atoms with Crippen LogP contribution in [0, 0.1) is 0 Å². The SMILES string of the molecule is CC(C)(C)OC(=O)C1(S(=O)(=O)N2CCN(c3ccc(OC(F)(F)C(F)F)cc3)CC2)CCOCC1.CC(C)(C)OC(=O)C1(S(=O)(=O)N2CCNCC2)CCOCC1. The Morgan fingerprint density at radius 2 is 1.07 bits per heavy atom. The van der Waals surface area contributed by atoms with Gasteiger partial charge in [0.25, 0.3) is 0 Å². The number of anilines is 1. The van der Waals surface area contributed by atoms with Crippen LogP contribution in [-0.4, -0.2) is 149 Å². The predicted molar refractivity (Wildman–Crippen MR) is 201 cm³/mol. The molecule has 4 fully saturated rings. The lowest BCUT2D eigenvalue weighted by atomic mass is 9.99. The standard InChI is InChI=1S/C22H30F4N2O6S.C14H26N2O5S/c1-20(2,3)34-19(29)21(8-14-32-15-9-21)35(30,31)28-12-10-27(11-13-28)16-4-6-17(7-5-16)33-22(25,26)18(23)24;1-13(2,3)21-12(17)14(4-10-20-11-5-14)22(18,19)16-8-6-15-7-9-16/h4-7,18H,8-15H2,1-3H3;15H,4-11H2,1-3H3. The molecular weight excluding hydrogens is 805 g/mol. The topological polar surface area (TPSA) is 170 Å². The second-order valence-electron chi connectivity index (χ2n) is 16.2. The Balaban J connectivity index is 0.000000281. The first-order valence-corrected chi connectivity index (χ1v) is 21.8. The van der Waals surface area contributed by atoms with Crippen molar-refractivity contribution in [1.82, 2.24) is 13.9 Å². The Morgan fingerprint density at radius 1 is 0.684 bits per heavy atom. The van der Waals surface area contributed by atoms with Gasteiger partial charge in [-0.2, -0.15) is 26.2 Å². The van der Waals surface area contributed by atoms with E-state index in [9.17, 15) is 44.0 Å². The van der Waals surface area contributed by atoms with Crippen molar-refractivity contribution in [1.29, 1.82) is 0 Å². The molecule has 0 aliphatic carbocycles. The third-order valence-electron chi connectivity index (χ3n) is 9.83. The monoisotopic (exact) mass is 860 g/mol. The Morgan fingerprint density at radius 3 is 1.44 bits per heavy atom. The summed E-state index contributed by atoms with van der Waals surface area (Å²) in [5, 5.41) is 3.12. The summed E-state index contributed by atoms with van der Waals surface area (Å²) in [6, 6.07) is 5.16. The molecule has 57 heavy (non-hydrogen) atoms. The van der Waals surface area contributed by atoms with Gasteiger partial charge in [0.05, 0.1) is 0 Å². The largest absolute Gasteiger partial charge is 0.461 e. The highest BCUT2D eigenvalue weighted by Gasteiger charge is 2.57. The van der Waals surface area contributed by atoms with Crippen molar-refractivity contribution in [2.45, 2.75) is 100 Å². The molecule has 0 spiro atoms. The van der Waals surface area contributed by atoms with E-state index in [4.69, 9.17) is 18.9 Å². The number of carbonyl (C=O) groups excluding carboxylic acids is 2. The molecule has 4 aliphatic heterocycles. The molecule has 1 N–H and O–H groups in total. The third-order valence-corrected chi connectivity index (χ3v) is 15.0. The molecule has 0 bridgehead atoms. The van der Waals surface area contributed by atoms with Gasteiger partial charge in [-0.25, -0.2) is 16.8 Å². The van der Waals surface area contributed by atoms with Gasteiger partial charge in [0.1, 0.15) is 17.0 Å². The zero-order valence-electron chi connectivity index (χ0n) is 33.4. The predicted octanol–water partition coefficient (Wildman–Crippen LogP) is 3.38. The number of piperazine rings is 2. The van der Waals surface area contributed by atoms with Crippen molar-refractivity contribution in [2.75, 3.05) is 83.7 Å². The highest BCUT2D eigenvalue weighted by molar-refractivity contribution is 7.91. The lowest BCUT2D eigenvalue weighted by molar-refractivity contribution is -0.253. The van der Waals surface area contributed by atoms with E-state index in [1.165, 1.54) is 20.7 Å². The molecule has 0 amide bonds. The molecule has 0 unspecified atom stereocenters. The number of esters is 2. The molecule has 21 heteroatoms. The third kappa shape index (κ3) is 11.1. The van der Waals surface area contributed by atoms with Crippen LogP contribution in [0.15, 0.2) is 24.3 Å². The first kappa shape index (κ1) is 46.9. The molecule has 5 rings (SSSR count). The highest BCUT2D eigenvalue weighted by atomic mass is 32.2. The van der Waals surface area contributed by atoms with E-state index in [-0.39, 0.29) is 78.3 Å². The van der Waals surface area contributed by atoms with E-state index in [1.54, 1.807) is 41.5 Å². The van der Waals surface area contributed by atoms with Crippen molar-refractivity contribution < 1.29 is 67.7 Å². The number of halogens is 4. The fourth-order valence-corrected chi connectivity index (χ4v) is 10.9. The Hall–Kier alpha value is -2.82. The number of nitrogens with one attached hydrogen (secondary N) is 1. The van der Waals surface area contributed by atoms with Crippen LogP contribution >= 0.6 is 0 Å². The normalized spacial score (nSPS) is 21.6. The number of sulfonamides is 2. The number of rotatable bonds is 10. The number of carbonyl (C=O) groups is 2. The number of hydrogen-bond donors (Lipinski definition) is 1. The van der Waals surface area contributed by atoms with E-state index < -0.39 is 71.0 Å². The van der Waals surface area contributed by atoms with E-state index in [1.807, 2.05) is 4.90 Å². The molecule has 4 heterocycles. The van der Waals surface area contributed by atoms with Crippen LogP contribution in [0.5, 0.6) is 5.75 Å². The summed E-state index contributed by atoms with van der Waals surface area (Å²) in [5.41, 5.74) is -0.990. The van der Waals surface area contributed by atoms with Gasteiger partial charge in [-0.05, 0) is 65.8 Å². The van der Waals surface area contributed by atoms with Gasteiger partial charge >= 0.3 is 24.5 Å². The smallest absolute Gasteiger partial charge is 0.459 e. The van der Waals surface area contributed by atoms with Crippen LogP contribution in [0.4, 0.5) is 23.2 Å². The van der Waals surface area contributed by atoms with E-state index in [2.05, 4.69) is 10.1 Å². The molecule has 15 nitrogen and oxygen atoms in total. The quantitative estimate of drug-likeness (QED) is 0.269. The van der Waals surface area contributed by atoms with Gasteiger partial charge in [0.2, 0.25) is 20.0 Å². The molecule has 4 saturated heterocycles. The number of ether oxygens (including phenoxy) is 5. The summed E-state index contributed by atoms with van der Waals surface area (Å²) in [6.07, 6.45) is -8.28. The van der Waals surface area contributed by atoms with Crippen LogP contribution in [0.2, 0.25) is 0 Å². The molecule has 1 aromatic carbocycles.